The molecule has 0 aliphatic rings. The van der Waals surface area contributed by atoms with Crippen LogP contribution >= 0.6 is 0 Å². The summed E-state index contributed by atoms with van der Waals surface area (Å²) in [4.78, 5) is 24.4. The highest BCUT2D eigenvalue weighted by Crippen LogP contribution is 2.21. The van der Waals surface area contributed by atoms with Gasteiger partial charge in [-0.3, -0.25) is 4.79 Å². The molecule has 0 heterocycles. The van der Waals surface area contributed by atoms with E-state index in [-0.39, 0.29) is 11.3 Å². The Morgan fingerprint density at radius 1 is 1.12 bits per heavy atom. The second-order valence-corrected chi connectivity index (χ2v) is 5.65. The van der Waals surface area contributed by atoms with Gasteiger partial charge < -0.3 is 14.8 Å². The molecule has 0 aliphatic heterocycles. The van der Waals surface area contributed by atoms with E-state index in [0.29, 0.717) is 5.69 Å². The fourth-order valence-corrected chi connectivity index (χ4v) is 2.31. The van der Waals surface area contributed by atoms with E-state index in [1.165, 1.54) is 26.2 Å². The minimum atomic E-state index is -1.03. The number of aryl methyl sites for hydroxylation is 2. The Labute approximate surface area is 145 Å². The van der Waals surface area contributed by atoms with Crippen LogP contribution in [0.2, 0.25) is 0 Å². The van der Waals surface area contributed by atoms with Crippen LogP contribution in [0.1, 0.15) is 28.4 Å². The highest BCUT2D eigenvalue weighted by molar-refractivity contribution is 5.98. The molecule has 2 rings (SSSR count). The number of halogens is 1. The molecule has 0 spiro atoms. The maximum atomic E-state index is 13.7. The van der Waals surface area contributed by atoms with Crippen molar-refractivity contribution in [2.24, 2.45) is 0 Å². The Morgan fingerprint density at radius 2 is 1.76 bits per heavy atom. The monoisotopic (exact) mass is 345 g/mol. The summed E-state index contributed by atoms with van der Waals surface area (Å²) < 4.78 is 23.6. The van der Waals surface area contributed by atoms with E-state index in [2.05, 4.69) is 5.32 Å². The minimum absolute atomic E-state index is 0.00465. The first-order chi connectivity index (χ1) is 11.8. The second kappa shape index (κ2) is 7.79. The lowest BCUT2D eigenvalue weighted by Crippen LogP contribution is -2.30. The molecule has 0 aromatic heterocycles. The largest absolute Gasteiger partial charge is 0.494 e. The van der Waals surface area contributed by atoms with Crippen molar-refractivity contribution in [2.45, 2.75) is 26.9 Å². The van der Waals surface area contributed by atoms with E-state index in [9.17, 15) is 14.0 Å². The third kappa shape index (κ3) is 4.35. The molecule has 2 aromatic rings. The van der Waals surface area contributed by atoms with E-state index in [0.717, 1.165) is 17.2 Å². The van der Waals surface area contributed by atoms with Gasteiger partial charge in [0, 0.05) is 5.69 Å². The molecule has 25 heavy (non-hydrogen) atoms. The molecular weight excluding hydrogens is 325 g/mol. The van der Waals surface area contributed by atoms with Crippen LogP contribution in [0.3, 0.4) is 0 Å². The summed E-state index contributed by atoms with van der Waals surface area (Å²) in [6.45, 7) is 5.21. The molecule has 0 unspecified atom stereocenters. The van der Waals surface area contributed by atoms with Gasteiger partial charge in [-0.1, -0.05) is 18.2 Å². The summed E-state index contributed by atoms with van der Waals surface area (Å²) in [6, 6.07) is 9.35. The number of benzene rings is 2. The first-order valence-corrected chi connectivity index (χ1v) is 7.75. The zero-order valence-electron chi connectivity index (χ0n) is 14.6. The van der Waals surface area contributed by atoms with E-state index >= 15 is 0 Å². The number of hydrogen-bond acceptors (Lipinski definition) is 4. The number of hydrogen-bond donors (Lipinski definition) is 1. The molecule has 6 heteroatoms. The number of nitrogens with one attached hydrogen (secondary N) is 1. The van der Waals surface area contributed by atoms with Gasteiger partial charge in [0.1, 0.15) is 0 Å². The molecule has 0 bridgehead atoms. The van der Waals surface area contributed by atoms with Crippen molar-refractivity contribution in [1.82, 2.24) is 0 Å². The lowest BCUT2D eigenvalue weighted by Gasteiger charge is -2.16. The van der Waals surface area contributed by atoms with Gasteiger partial charge >= 0.3 is 5.97 Å². The molecule has 1 amide bonds. The van der Waals surface area contributed by atoms with Crippen LogP contribution in [0.25, 0.3) is 0 Å². The average molecular weight is 345 g/mol. The number of amides is 1. The fraction of sp³-hybridized carbons (Fsp3) is 0.263. The van der Waals surface area contributed by atoms with Crippen molar-refractivity contribution in [1.29, 1.82) is 0 Å². The molecule has 1 atom stereocenters. The van der Waals surface area contributed by atoms with Gasteiger partial charge in [0.2, 0.25) is 0 Å². The molecule has 0 fully saturated rings. The quantitative estimate of drug-likeness (QED) is 0.841. The number of methoxy groups -OCH3 is 1. The Kier molecular flexibility index (Phi) is 5.75. The van der Waals surface area contributed by atoms with Gasteiger partial charge in [-0.2, -0.15) is 0 Å². The predicted molar refractivity (Wildman–Crippen MR) is 92.4 cm³/mol. The molecule has 2 aromatic carbocycles. The Hall–Kier alpha value is -2.89. The van der Waals surface area contributed by atoms with E-state index in [1.54, 1.807) is 0 Å². The normalized spacial score (nSPS) is 11.6. The smallest absolute Gasteiger partial charge is 0.339 e. The van der Waals surface area contributed by atoms with Crippen molar-refractivity contribution in [3.8, 4) is 5.75 Å². The van der Waals surface area contributed by atoms with Crippen LogP contribution in [0.4, 0.5) is 10.1 Å². The average Bonchev–Trinajstić information content (AvgIpc) is 2.57. The Bertz CT molecular complexity index is 784. The van der Waals surface area contributed by atoms with E-state index in [4.69, 9.17) is 9.47 Å². The first kappa shape index (κ1) is 18.4. The lowest BCUT2D eigenvalue weighted by molar-refractivity contribution is -0.123. The third-order valence-corrected chi connectivity index (χ3v) is 3.77. The zero-order chi connectivity index (χ0) is 18.6. The number of ether oxygens (including phenoxy) is 2. The summed E-state index contributed by atoms with van der Waals surface area (Å²) in [6.07, 6.45) is -1.03. The van der Waals surface area contributed by atoms with Crippen LogP contribution in [-0.4, -0.2) is 25.1 Å². The van der Waals surface area contributed by atoms with Crippen molar-refractivity contribution < 1.29 is 23.5 Å². The standard InChI is InChI=1S/C19H20FNO4/c1-11-6-5-7-12(2)17(11)21-18(22)13(3)25-19(23)14-8-9-16(24-4)15(20)10-14/h5-10,13H,1-4H3,(H,21,22)/t13-/m1/s1. The summed E-state index contributed by atoms with van der Waals surface area (Å²) in [5.74, 6) is -1.90. The molecule has 0 aliphatic carbocycles. The summed E-state index contributed by atoms with van der Waals surface area (Å²) >= 11 is 0. The number of carbonyl (C=O) groups excluding carboxylic acids is 2. The molecule has 1 N–H and O–H groups in total. The highest BCUT2D eigenvalue weighted by atomic mass is 19.1. The van der Waals surface area contributed by atoms with Crippen molar-refractivity contribution >= 4 is 17.6 Å². The minimum Gasteiger partial charge on any atom is -0.494 e. The lowest BCUT2D eigenvalue weighted by atomic mass is 10.1. The van der Waals surface area contributed by atoms with Gasteiger partial charge in [-0.25, -0.2) is 9.18 Å². The highest BCUT2D eigenvalue weighted by Gasteiger charge is 2.21. The van der Waals surface area contributed by atoms with Gasteiger partial charge in [-0.15, -0.1) is 0 Å². The van der Waals surface area contributed by atoms with Gasteiger partial charge in [-0.05, 0) is 50.1 Å². The second-order valence-electron chi connectivity index (χ2n) is 5.65. The third-order valence-electron chi connectivity index (χ3n) is 3.77. The van der Waals surface area contributed by atoms with Gasteiger partial charge in [0.05, 0.1) is 12.7 Å². The molecule has 5 nitrogen and oxygen atoms in total. The van der Waals surface area contributed by atoms with Gasteiger partial charge in [0.25, 0.3) is 5.91 Å². The van der Waals surface area contributed by atoms with E-state index < -0.39 is 23.8 Å². The zero-order valence-corrected chi connectivity index (χ0v) is 14.6. The van der Waals surface area contributed by atoms with Crippen molar-refractivity contribution in [2.75, 3.05) is 12.4 Å². The van der Waals surface area contributed by atoms with Crippen LogP contribution in [0, 0.1) is 19.7 Å². The van der Waals surface area contributed by atoms with Crippen molar-refractivity contribution in [3.63, 3.8) is 0 Å². The Morgan fingerprint density at radius 3 is 2.32 bits per heavy atom. The topological polar surface area (TPSA) is 64.6 Å². The molecule has 0 saturated heterocycles. The molecule has 132 valence electrons. The maximum absolute atomic E-state index is 13.7. The number of anilines is 1. The summed E-state index contributed by atoms with van der Waals surface area (Å²) in [5.41, 5.74) is 2.50. The van der Waals surface area contributed by atoms with E-state index in [1.807, 2.05) is 32.0 Å². The van der Waals surface area contributed by atoms with Crippen molar-refractivity contribution in [3.05, 3.63) is 58.9 Å². The Balaban J connectivity index is 2.05. The molecule has 0 radical (unpaired) electrons. The SMILES string of the molecule is COc1ccc(C(=O)O[C@H](C)C(=O)Nc2c(C)cccc2C)cc1F. The van der Waals surface area contributed by atoms with Crippen LogP contribution in [0.5, 0.6) is 5.75 Å². The number of rotatable bonds is 5. The first-order valence-electron chi connectivity index (χ1n) is 7.75. The molecule has 0 saturated carbocycles. The predicted octanol–water partition coefficient (Wildman–Crippen LogP) is 3.64. The molecular formula is C19H20FNO4. The van der Waals surface area contributed by atoms with Gasteiger partial charge in [0.15, 0.2) is 17.7 Å². The number of esters is 1. The number of carbonyl (C=O) groups is 2. The number of para-hydroxylation sites is 1. The fourth-order valence-electron chi connectivity index (χ4n) is 2.31. The summed E-state index contributed by atoms with van der Waals surface area (Å²) in [7, 11) is 1.33. The van der Waals surface area contributed by atoms with Crippen LogP contribution in [0.15, 0.2) is 36.4 Å². The maximum Gasteiger partial charge on any atom is 0.339 e. The van der Waals surface area contributed by atoms with Crippen LogP contribution in [-0.2, 0) is 9.53 Å². The summed E-state index contributed by atoms with van der Waals surface area (Å²) in [5, 5.41) is 2.75. The van der Waals surface area contributed by atoms with Crippen LogP contribution < -0.4 is 10.1 Å².